The number of ether oxygens (including phenoxy) is 2. The molecule has 0 saturated carbocycles. The molecule has 54 heavy (non-hydrogen) atoms. The Morgan fingerprint density at radius 2 is 1.06 bits per heavy atom. The Bertz CT molecular complexity index is 1820. The predicted molar refractivity (Wildman–Crippen MR) is 202 cm³/mol. The van der Waals surface area contributed by atoms with Gasteiger partial charge in [-0.25, -0.2) is 9.98 Å². The van der Waals surface area contributed by atoms with Crippen LogP contribution in [-0.2, 0) is 28.7 Å². The van der Waals surface area contributed by atoms with Crippen molar-refractivity contribution in [3.63, 3.8) is 0 Å². The van der Waals surface area contributed by atoms with Crippen LogP contribution in [0, 0.1) is 0 Å². The van der Waals surface area contributed by atoms with Gasteiger partial charge in [0.25, 0.3) is 0 Å². The highest BCUT2D eigenvalue weighted by Crippen LogP contribution is 2.43. The van der Waals surface area contributed by atoms with Crippen LogP contribution < -0.4 is 9.80 Å². The summed E-state index contributed by atoms with van der Waals surface area (Å²) in [7, 11) is 0. The third kappa shape index (κ3) is 7.94. The predicted octanol–water partition coefficient (Wildman–Crippen LogP) is 3.64. The number of carbonyl (C=O) groups is 4. The molecule has 0 radical (unpaired) electrons. The van der Waals surface area contributed by atoms with Crippen LogP contribution in [0.25, 0.3) is 0 Å². The standard InChI is InChI=1S/2C20H23N3O4/c2*1-13-12-23(16-3-2-4-17(25)20(13)16)19(26)10-14-9-15(24)11-18(21-14)22-5-7-27-8-6-22/h2*2-4,11,13,25H,5-10,12H2,1H3/t2*13-/m10/s1. The number of carbonyl (C=O) groups excluding carboxylic acids is 4. The van der Waals surface area contributed by atoms with Gasteiger partial charge in [0, 0.05) is 98.6 Å². The van der Waals surface area contributed by atoms with E-state index in [1.54, 1.807) is 46.2 Å². The Morgan fingerprint density at radius 3 is 1.44 bits per heavy atom. The van der Waals surface area contributed by atoms with Gasteiger partial charge >= 0.3 is 0 Å². The molecule has 8 rings (SSSR count). The van der Waals surface area contributed by atoms with Crippen LogP contribution in [0.3, 0.4) is 0 Å². The number of ketones is 2. The quantitative estimate of drug-likeness (QED) is 0.447. The van der Waals surface area contributed by atoms with Gasteiger partial charge in [0.15, 0.2) is 11.6 Å². The number of phenols is 2. The first-order valence-corrected chi connectivity index (χ1v) is 18.6. The molecule has 14 heteroatoms. The van der Waals surface area contributed by atoms with Crippen molar-refractivity contribution >= 4 is 46.2 Å². The highest BCUT2D eigenvalue weighted by Gasteiger charge is 2.34. The number of amides is 2. The van der Waals surface area contributed by atoms with E-state index in [1.807, 2.05) is 35.8 Å². The fourth-order valence-electron chi connectivity index (χ4n) is 7.88. The smallest absolute Gasteiger partial charge is 0.232 e. The molecule has 2 atom stereocenters. The summed E-state index contributed by atoms with van der Waals surface area (Å²) >= 11 is 0. The minimum absolute atomic E-state index is 0.0258. The molecule has 284 valence electrons. The van der Waals surface area contributed by atoms with Gasteiger partial charge in [-0.2, -0.15) is 0 Å². The van der Waals surface area contributed by atoms with Crippen LogP contribution in [0.1, 0.15) is 62.5 Å². The molecule has 6 heterocycles. The molecular formula is C40H46N6O8. The Labute approximate surface area is 314 Å². The van der Waals surface area contributed by atoms with Gasteiger partial charge in [-0.05, 0) is 24.3 Å². The molecule has 0 spiro atoms. The summed E-state index contributed by atoms with van der Waals surface area (Å²) in [5.74, 6) is 1.60. The van der Waals surface area contributed by atoms with Crippen molar-refractivity contribution in [1.82, 2.24) is 9.80 Å². The van der Waals surface area contributed by atoms with Gasteiger partial charge in [0.1, 0.15) is 23.1 Å². The SMILES string of the molecule is C[C@@H]1CN(C(=O)CC2=NC(N3CCOCC3)=CC(=O)C2)c2cccc(O)c21.C[C@H]1CN(C(=O)CC2=NC(N3CCOCC3)=CC(=O)C2)c2cccc(O)c21. The van der Waals surface area contributed by atoms with Crippen molar-refractivity contribution in [2.75, 3.05) is 75.5 Å². The third-order valence-corrected chi connectivity index (χ3v) is 10.5. The summed E-state index contributed by atoms with van der Waals surface area (Å²) in [6.45, 7) is 10.3. The van der Waals surface area contributed by atoms with Crippen molar-refractivity contribution in [1.29, 1.82) is 0 Å². The van der Waals surface area contributed by atoms with Gasteiger partial charge in [-0.1, -0.05) is 26.0 Å². The molecule has 2 aromatic carbocycles. The molecule has 2 fully saturated rings. The van der Waals surface area contributed by atoms with Crippen molar-refractivity contribution < 1.29 is 38.9 Å². The normalized spacial score (nSPS) is 22.4. The Kier molecular flexibility index (Phi) is 10.9. The lowest BCUT2D eigenvalue weighted by atomic mass is 10.0. The number of hydrogen-bond acceptors (Lipinski definition) is 12. The van der Waals surface area contributed by atoms with E-state index >= 15 is 0 Å². The van der Waals surface area contributed by atoms with Gasteiger partial charge < -0.3 is 39.3 Å². The minimum atomic E-state index is -0.0963. The van der Waals surface area contributed by atoms with E-state index in [0.29, 0.717) is 88.8 Å². The fourth-order valence-corrected chi connectivity index (χ4v) is 7.88. The Hall–Kier alpha value is -5.34. The molecule has 0 aliphatic carbocycles. The lowest BCUT2D eigenvalue weighted by molar-refractivity contribution is -0.118. The minimum Gasteiger partial charge on any atom is -0.508 e. The van der Waals surface area contributed by atoms with Gasteiger partial charge in [0.05, 0.1) is 50.6 Å². The fraction of sp³-hybridized carbons (Fsp3) is 0.450. The number of aliphatic imine (C=N–C) groups is 2. The molecule has 0 unspecified atom stereocenters. The number of aromatic hydroxyl groups is 2. The molecule has 14 nitrogen and oxygen atoms in total. The van der Waals surface area contributed by atoms with Crippen molar-refractivity contribution in [3.8, 4) is 11.5 Å². The second-order valence-corrected chi connectivity index (χ2v) is 14.4. The zero-order chi connectivity index (χ0) is 37.9. The van der Waals surface area contributed by atoms with E-state index in [4.69, 9.17) is 9.47 Å². The summed E-state index contributed by atoms with van der Waals surface area (Å²) < 4.78 is 10.7. The number of rotatable bonds is 6. The first-order chi connectivity index (χ1) is 26.0. The summed E-state index contributed by atoms with van der Waals surface area (Å²) in [6, 6.07) is 10.5. The van der Waals surface area contributed by atoms with E-state index < -0.39 is 0 Å². The molecular weight excluding hydrogens is 692 g/mol. The van der Waals surface area contributed by atoms with Crippen LogP contribution in [0.5, 0.6) is 11.5 Å². The number of allylic oxidation sites excluding steroid dienone is 2. The number of anilines is 2. The summed E-state index contributed by atoms with van der Waals surface area (Å²) in [6.07, 6.45) is 3.69. The van der Waals surface area contributed by atoms with Crippen molar-refractivity contribution in [3.05, 3.63) is 71.3 Å². The molecule has 6 aliphatic heterocycles. The van der Waals surface area contributed by atoms with Crippen molar-refractivity contribution in [2.45, 2.75) is 51.4 Å². The second kappa shape index (κ2) is 15.9. The Balaban J connectivity index is 0.000000167. The van der Waals surface area contributed by atoms with Crippen LogP contribution in [0.2, 0.25) is 0 Å². The van der Waals surface area contributed by atoms with Gasteiger partial charge in [-0.3, -0.25) is 19.2 Å². The number of benzene rings is 2. The lowest BCUT2D eigenvalue weighted by Gasteiger charge is -2.30. The zero-order valence-electron chi connectivity index (χ0n) is 30.7. The maximum absolute atomic E-state index is 12.9. The van der Waals surface area contributed by atoms with Crippen LogP contribution >= 0.6 is 0 Å². The molecule has 2 aromatic rings. The summed E-state index contributed by atoms with van der Waals surface area (Å²) in [5.41, 5.74) is 4.30. The number of fused-ring (bicyclic) bond motifs is 2. The molecule has 6 aliphatic rings. The first-order valence-electron chi connectivity index (χ1n) is 18.6. The van der Waals surface area contributed by atoms with E-state index in [1.165, 1.54) is 0 Å². The summed E-state index contributed by atoms with van der Waals surface area (Å²) in [5, 5.41) is 20.2. The lowest BCUT2D eigenvalue weighted by Crippen LogP contribution is -2.37. The number of nitrogens with zero attached hydrogens (tertiary/aromatic N) is 6. The molecule has 2 amide bonds. The number of morpholine rings is 2. The van der Waals surface area contributed by atoms with Crippen LogP contribution in [0.15, 0.2) is 70.2 Å². The highest BCUT2D eigenvalue weighted by molar-refractivity contribution is 6.17. The first kappa shape index (κ1) is 37.0. The van der Waals surface area contributed by atoms with Gasteiger partial charge in [0.2, 0.25) is 11.8 Å². The summed E-state index contributed by atoms with van der Waals surface area (Å²) in [4.78, 5) is 66.8. The number of hydrogen-bond donors (Lipinski definition) is 2. The highest BCUT2D eigenvalue weighted by atomic mass is 16.5. The maximum Gasteiger partial charge on any atom is 0.232 e. The van der Waals surface area contributed by atoms with E-state index in [9.17, 15) is 29.4 Å². The topological polar surface area (TPSA) is 165 Å². The average Bonchev–Trinajstić information content (AvgIpc) is 3.70. The molecule has 2 N–H and O–H groups in total. The third-order valence-electron chi connectivity index (χ3n) is 10.5. The molecule has 0 bridgehead atoms. The molecule has 0 aromatic heterocycles. The number of phenolic OH excluding ortho intramolecular Hbond substituents is 2. The van der Waals surface area contributed by atoms with Crippen molar-refractivity contribution in [2.24, 2.45) is 9.98 Å². The molecule has 2 saturated heterocycles. The second-order valence-electron chi connectivity index (χ2n) is 14.4. The maximum atomic E-state index is 12.9. The Morgan fingerprint density at radius 1 is 0.667 bits per heavy atom. The van der Waals surface area contributed by atoms with Crippen LogP contribution in [-0.4, -0.2) is 121 Å². The van der Waals surface area contributed by atoms with Crippen LogP contribution in [0.4, 0.5) is 11.4 Å². The van der Waals surface area contributed by atoms with E-state index in [-0.39, 0.29) is 72.4 Å². The van der Waals surface area contributed by atoms with E-state index in [0.717, 1.165) is 22.5 Å². The monoisotopic (exact) mass is 738 g/mol. The van der Waals surface area contributed by atoms with E-state index in [2.05, 4.69) is 9.98 Å². The largest absolute Gasteiger partial charge is 0.508 e. The zero-order valence-corrected chi connectivity index (χ0v) is 30.7. The van der Waals surface area contributed by atoms with Gasteiger partial charge in [-0.15, -0.1) is 0 Å². The average molecular weight is 739 g/mol.